The average molecular weight is 290 g/mol. The largest absolute Gasteiger partial charge is 0.317 e. The standard InChI is InChI=1S/C13H23N3S.ClH/c1-3-14-8-12-4-6-16(7-5-12)9-13-11(2)15-10-17-13;/h10,12,14H,3-9H2,1-2H3;1H. The number of hydrogen-bond donors (Lipinski definition) is 1. The Morgan fingerprint density at radius 1 is 1.44 bits per heavy atom. The van der Waals surface area contributed by atoms with Gasteiger partial charge in [-0.05, 0) is 51.9 Å². The highest BCUT2D eigenvalue weighted by Crippen LogP contribution is 2.21. The Morgan fingerprint density at radius 3 is 2.72 bits per heavy atom. The summed E-state index contributed by atoms with van der Waals surface area (Å²) in [5.41, 5.74) is 3.17. The molecule has 1 aliphatic heterocycles. The molecule has 18 heavy (non-hydrogen) atoms. The van der Waals surface area contributed by atoms with Crippen LogP contribution < -0.4 is 5.32 Å². The number of aryl methyl sites for hydroxylation is 1. The van der Waals surface area contributed by atoms with Crippen LogP contribution in [0.4, 0.5) is 0 Å². The number of thiazole rings is 1. The number of hydrogen-bond acceptors (Lipinski definition) is 4. The summed E-state index contributed by atoms with van der Waals surface area (Å²) < 4.78 is 0. The van der Waals surface area contributed by atoms with Crippen molar-refractivity contribution in [3.8, 4) is 0 Å². The van der Waals surface area contributed by atoms with E-state index >= 15 is 0 Å². The fourth-order valence-corrected chi connectivity index (χ4v) is 3.20. The highest BCUT2D eigenvalue weighted by Gasteiger charge is 2.19. The van der Waals surface area contributed by atoms with Crippen molar-refractivity contribution in [3.63, 3.8) is 0 Å². The van der Waals surface area contributed by atoms with E-state index in [9.17, 15) is 0 Å². The Bertz CT molecular complexity index is 335. The van der Waals surface area contributed by atoms with E-state index in [0.29, 0.717) is 0 Å². The zero-order chi connectivity index (χ0) is 12.1. The molecule has 3 nitrogen and oxygen atoms in total. The second-order valence-corrected chi connectivity index (χ2v) is 5.83. The molecular formula is C13H24ClN3S. The number of piperidine rings is 1. The molecule has 2 rings (SSSR count). The van der Waals surface area contributed by atoms with Crippen LogP contribution in [0.2, 0.25) is 0 Å². The van der Waals surface area contributed by atoms with Gasteiger partial charge < -0.3 is 5.32 Å². The molecule has 0 unspecified atom stereocenters. The lowest BCUT2D eigenvalue weighted by molar-refractivity contribution is 0.177. The normalized spacial score (nSPS) is 17.7. The number of nitrogens with one attached hydrogen (secondary N) is 1. The molecule has 1 fully saturated rings. The van der Waals surface area contributed by atoms with Crippen LogP contribution in [0.25, 0.3) is 0 Å². The zero-order valence-electron chi connectivity index (χ0n) is 11.3. The molecule has 0 amide bonds. The maximum Gasteiger partial charge on any atom is 0.0798 e. The molecule has 5 heteroatoms. The van der Waals surface area contributed by atoms with E-state index in [2.05, 4.69) is 29.0 Å². The van der Waals surface area contributed by atoms with Crippen LogP contribution in [0, 0.1) is 12.8 Å². The van der Waals surface area contributed by atoms with Crippen molar-refractivity contribution in [1.29, 1.82) is 0 Å². The first-order chi connectivity index (χ1) is 8.29. The van der Waals surface area contributed by atoms with Crippen molar-refractivity contribution in [2.75, 3.05) is 26.2 Å². The molecule has 0 atom stereocenters. The summed E-state index contributed by atoms with van der Waals surface area (Å²) in [6.45, 7) is 10.2. The van der Waals surface area contributed by atoms with E-state index in [1.165, 1.54) is 43.0 Å². The monoisotopic (exact) mass is 289 g/mol. The van der Waals surface area contributed by atoms with Gasteiger partial charge in [-0.2, -0.15) is 0 Å². The fourth-order valence-electron chi connectivity index (χ4n) is 2.38. The molecule has 1 aliphatic rings. The van der Waals surface area contributed by atoms with E-state index < -0.39 is 0 Å². The molecule has 1 aromatic heterocycles. The van der Waals surface area contributed by atoms with E-state index in [0.717, 1.165) is 19.0 Å². The Labute approximate surface area is 120 Å². The van der Waals surface area contributed by atoms with Crippen LogP contribution in [0.15, 0.2) is 5.51 Å². The van der Waals surface area contributed by atoms with Crippen molar-refractivity contribution < 1.29 is 0 Å². The summed E-state index contributed by atoms with van der Waals surface area (Å²) >= 11 is 1.79. The van der Waals surface area contributed by atoms with Crippen molar-refractivity contribution in [2.24, 2.45) is 5.92 Å². The topological polar surface area (TPSA) is 28.2 Å². The van der Waals surface area contributed by atoms with Gasteiger partial charge in [0.25, 0.3) is 0 Å². The minimum absolute atomic E-state index is 0. The molecule has 1 saturated heterocycles. The third-order valence-corrected chi connectivity index (χ3v) is 4.52. The third kappa shape index (κ3) is 4.50. The Kier molecular flexibility index (Phi) is 7.15. The van der Waals surface area contributed by atoms with Crippen molar-refractivity contribution in [3.05, 3.63) is 16.1 Å². The summed E-state index contributed by atoms with van der Waals surface area (Å²) in [5, 5.41) is 3.46. The van der Waals surface area contributed by atoms with Gasteiger partial charge in [0.2, 0.25) is 0 Å². The van der Waals surface area contributed by atoms with Gasteiger partial charge in [-0.15, -0.1) is 23.7 Å². The first-order valence-corrected chi connectivity index (χ1v) is 7.49. The molecular weight excluding hydrogens is 266 g/mol. The van der Waals surface area contributed by atoms with Gasteiger partial charge in [-0.25, -0.2) is 4.98 Å². The second-order valence-electron chi connectivity index (χ2n) is 4.89. The smallest absolute Gasteiger partial charge is 0.0798 e. The lowest BCUT2D eigenvalue weighted by atomic mass is 9.97. The number of halogens is 1. The lowest BCUT2D eigenvalue weighted by Crippen LogP contribution is -2.36. The number of likely N-dealkylation sites (tertiary alicyclic amines) is 1. The van der Waals surface area contributed by atoms with E-state index in [4.69, 9.17) is 0 Å². The van der Waals surface area contributed by atoms with Gasteiger partial charge in [0.15, 0.2) is 0 Å². The predicted molar refractivity (Wildman–Crippen MR) is 80.6 cm³/mol. The molecule has 2 heterocycles. The first kappa shape index (κ1) is 15.9. The summed E-state index contributed by atoms with van der Waals surface area (Å²) in [7, 11) is 0. The number of nitrogens with zero attached hydrogens (tertiary/aromatic N) is 2. The molecule has 0 spiro atoms. The number of aromatic nitrogens is 1. The summed E-state index contributed by atoms with van der Waals surface area (Å²) in [6, 6.07) is 0. The predicted octanol–water partition coefficient (Wildman–Crippen LogP) is 2.69. The van der Waals surface area contributed by atoms with Gasteiger partial charge in [0.1, 0.15) is 0 Å². The minimum atomic E-state index is 0. The Morgan fingerprint density at radius 2 is 2.17 bits per heavy atom. The molecule has 0 radical (unpaired) electrons. The van der Waals surface area contributed by atoms with Gasteiger partial charge in [-0.3, -0.25) is 4.90 Å². The molecule has 0 saturated carbocycles. The van der Waals surface area contributed by atoms with E-state index in [1.54, 1.807) is 11.3 Å². The molecule has 104 valence electrons. The fraction of sp³-hybridized carbons (Fsp3) is 0.769. The van der Waals surface area contributed by atoms with Crippen LogP contribution in [0.3, 0.4) is 0 Å². The SMILES string of the molecule is CCNCC1CCN(Cc2scnc2C)CC1.Cl. The molecule has 0 bridgehead atoms. The van der Waals surface area contributed by atoms with Crippen molar-refractivity contribution >= 4 is 23.7 Å². The number of rotatable bonds is 5. The average Bonchev–Trinajstić information content (AvgIpc) is 2.74. The first-order valence-electron chi connectivity index (χ1n) is 6.61. The van der Waals surface area contributed by atoms with Gasteiger partial charge in [-0.1, -0.05) is 6.92 Å². The summed E-state index contributed by atoms with van der Waals surface area (Å²) in [6.07, 6.45) is 2.68. The van der Waals surface area contributed by atoms with Crippen LogP contribution in [0.1, 0.15) is 30.3 Å². The molecule has 0 aliphatic carbocycles. The molecule has 1 N–H and O–H groups in total. The maximum absolute atomic E-state index is 4.32. The Hall–Kier alpha value is -0.160. The third-order valence-electron chi connectivity index (χ3n) is 3.60. The highest BCUT2D eigenvalue weighted by molar-refractivity contribution is 7.09. The van der Waals surface area contributed by atoms with E-state index in [-0.39, 0.29) is 12.4 Å². The maximum atomic E-state index is 4.32. The minimum Gasteiger partial charge on any atom is -0.317 e. The lowest BCUT2D eigenvalue weighted by Gasteiger charge is -2.31. The second kappa shape index (κ2) is 8.10. The Balaban J connectivity index is 0.00000162. The van der Waals surface area contributed by atoms with Crippen LogP contribution >= 0.6 is 23.7 Å². The van der Waals surface area contributed by atoms with Crippen molar-refractivity contribution in [1.82, 2.24) is 15.2 Å². The van der Waals surface area contributed by atoms with Gasteiger partial charge >= 0.3 is 0 Å². The van der Waals surface area contributed by atoms with Gasteiger partial charge in [0, 0.05) is 11.4 Å². The van der Waals surface area contributed by atoms with E-state index in [1.807, 2.05) is 5.51 Å². The van der Waals surface area contributed by atoms with Crippen LogP contribution in [-0.4, -0.2) is 36.1 Å². The van der Waals surface area contributed by atoms with Crippen LogP contribution in [-0.2, 0) is 6.54 Å². The quantitative estimate of drug-likeness (QED) is 0.903. The van der Waals surface area contributed by atoms with Gasteiger partial charge in [0.05, 0.1) is 11.2 Å². The summed E-state index contributed by atoms with van der Waals surface area (Å²) in [5.74, 6) is 0.883. The molecule has 0 aromatic carbocycles. The highest BCUT2D eigenvalue weighted by atomic mass is 35.5. The van der Waals surface area contributed by atoms with Crippen LogP contribution in [0.5, 0.6) is 0 Å². The summed E-state index contributed by atoms with van der Waals surface area (Å²) in [4.78, 5) is 8.33. The van der Waals surface area contributed by atoms with Crippen molar-refractivity contribution in [2.45, 2.75) is 33.2 Å². The zero-order valence-corrected chi connectivity index (χ0v) is 12.9. The molecule has 1 aromatic rings.